The van der Waals surface area contributed by atoms with Crippen molar-refractivity contribution in [3.8, 4) is 17.2 Å². The summed E-state index contributed by atoms with van der Waals surface area (Å²) in [6.45, 7) is 3.23. The molecular weight excluding hydrogens is 421 g/mol. The third-order valence-electron chi connectivity index (χ3n) is 5.86. The highest BCUT2D eigenvalue weighted by atomic mass is 19.1. The molecule has 0 aliphatic carbocycles. The largest absolute Gasteiger partial charge is 0.495 e. The van der Waals surface area contributed by atoms with Gasteiger partial charge in [-0.15, -0.1) is 0 Å². The minimum atomic E-state index is -0.384. The maximum absolute atomic E-state index is 13.7. The van der Waals surface area contributed by atoms with Gasteiger partial charge in [0.2, 0.25) is 5.91 Å². The Morgan fingerprint density at radius 1 is 1.12 bits per heavy atom. The Morgan fingerprint density at radius 3 is 2.67 bits per heavy atom. The first-order chi connectivity index (χ1) is 16.0. The first-order valence-corrected chi connectivity index (χ1v) is 11.0. The number of amides is 1. The van der Waals surface area contributed by atoms with E-state index in [0.29, 0.717) is 18.7 Å². The molecule has 4 rings (SSSR count). The minimum absolute atomic E-state index is 0.0450. The van der Waals surface area contributed by atoms with Gasteiger partial charge in [0.1, 0.15) is 5.75 Å². The summed E-state index contributed by atoms with van der Waals surface area (Å²) >= 11 is 0. The summed E-state index contributed by atoms with van der Waals surface area (Å²) in [5.74, 6) is 0.599. The second-order valence-corrected chi connectivity index (χ2v) is 8.14. The molecule has 0 saturated carbocycles. The molecule has 0 spiro atoms. The zero-order valence-electron chi connectivity index (χ0n) is 19.2. The van der Waals surface area contributed by atoms with E-state index in [4.69, 9.17) is 9.47 Å². The van der Waals surface area contributed by atoms with Crippen LogP contribution in [-0.4, -0.2) is 47.7 Å². The fourth-order valence-corrected chi connectivity index (χ4v) is 4.09. The second kappa shape index (κ2) is 9.90. The average molecular weight is 450 g/mol. The summed E-state index contributed by atoms with van der Waals surface area (Å²) in [5, 5.41) is 0. The lowest BCUT2D eigenvalue weighted by Crippen LogP contribution is -2.38. The number of piperidine rings is 1. The van der Waals surface area contributed by atoms with Crippen molar-refractivity contribution in [3.05, 3.63) is 77.1 Å². The molecule has 3 aromatic rings. The second-order valence-electron chi connectivity index (χ2n) is 8.14. The van der Waals surface area contributed by atoms with Crippen LogP contribution in [0.5, 0.6) is 11.5 Å². The van der Waals surface area contributed by atoms with Gasteiger partial charge < -0.3 is 18.9 Å². The summed E-state index contributed by atoms with van der Waals surface area (Å²) in [6, 6.07) is 10.7. The molecule has 1 saturated heterocycles. The monoisotopic (exact) mass is 449 g/mol. The third-order valence-corrected chi connectivity index (χ3v) is 5.86. The van der Waals surface area contributed by atoms with Gasteiger partial charge in [-0.25, -0.2) is 9.37 Å². The smallest absolute Gasteiger partial charge is 0.249 e. The summed E-state index contributed by atoms with van der Waals surface area (Å²) < 4.78 is 26.2. The molecule has 6 nitrogen and oxygen atoms in total. The van der Waals surface area contributed by atoms with Gasteiger partial charge in [0.15, 0.2) is 11.6 Å². The fraction of sp³-hybridized carbons (Fsp3) is 0.308. The van der Waals surface area contributed by atoms with Crippen LogP contribution in [0.1, 0.15) is 29.7 Å². The molecule has 2 aromatic carbocycles. The number of aryl methyl sites for hydroxylation is 1. The lowest BCUT2D eigenvalue weighted by Gasteiger charge is -2.28. The Morgan fingerprint density at radius 2 is 1.94 bits per heavy atom. The van der Waals surface area contributed by atoms with E-state index in [2.05, 4.69) is 4.98 Å². The number of benzene rings is 2. The van der Waals surface area contributed by atoms with Crippen LogP contribution in [0, 0.1) is 12.7 Å². The zero-order valence-corrected chi connectivity index (χ0v) is 19.2. The molecule has 1 amide bonds. The fourth-order valence-electron chi connectivity index (χ4n) is 4.09. The molecule has 0 atom stereocenters. The Kier molecular flexibility index (Phi) is 6.77. The van der Waals surface area contributed by atoms with E-state index < -0.39 is 0 Å². The predicted molar refractivity (Wildman–Crippen MR) is 125 cm³/mol. The molecule has 0 N–H and O–H groups in total. The number of aromatic nitrogens is 2. The van der Waals surface area contributed by atoms with Crippen LogP contribution in [-0.2, 0) is 11.2 Å². The van der Waals surface area contributed by atoms with E-state index in [9.17, 15) is 9.18 Å². The van der Waals surface area contributed by atoms with Crippen LogP contribution in [0.3, 0.4) is 0 Å². The highest BCUT2D eigenvalue weighted by Crippen LogP contribution is 2.27. The normalized spacial score (nSPS) is 15.2. The Labute approximate surface area is 193 Å². The molecule has 7 heteroatoms. The molecule has 1 aliphatic heterocycles. The minimum Gasteiger partial charge on any atom is -0.495 e. The number of halogens is 1. The van der Waals surface area contributed by atoms with Gasteiger partial charge in [-0.1, -0.05) is 12.1 Å². The van der Waals surface area contributed by atoms with Crippen molar-refractivity contribution >= 4 is 12.0 Å². The SMILES string of the molecule is COc1cc(CCN2CCCC(=Cc3ccc(-n4cnc(C)c4)c(OC)c3)C2=O)ccc1F. The van der Waals surface area contributed by atoms with Crippen LogP contribution < -0.4 is 9.47 Å². The lowest BCUT2D eigenvalue weighted by atomic mass is 10.00. The topological polar surface area (TPSA) is 56.6 Å². The van der Waals surface area contributed by atoms with Gasteiger partial charge >= 0.3 is 0 Å². The molecule has 172 valence electrons. The maximum atomic E-state index is 13.7. The van der Waals surface area contributed by atoms with Gasteiger partial charge in [-0.05, 0) is 67.7 Å². The standard InChI is InChI=1S/C26H28FN3O3/c1-18-16-30(17-28-18)23-9-7-20(15-25(23)33-3)13-21-5-4-11-29(26(21)31)12-10-19-6-8-22(27)24(14-19)32-2/h6-9,13-17H,4-5,10-12H2,1-3H3. The molecule has 0 bridgehead atoms. The van der Waals surface area contributed by atoms with Gasteiger partial charge in [-0.3, -0.25) is 4.79 Å². The van der Waals surface area contributed by atoms with Crippen LogP contribution in [0.25, 0.3) is 11.8 Å². The van der Waals surface area contributed by atoms with Gasteiger partial charge in [0.25, 0.3) is 0 Å². The molecule has 0 radical (unpaired) electrons. The Hall–Kier alpha value is -3.61. The van der Waals surface area contributed by atoms with Crippen LogP contribution >= 0.6 is 0 Å². The van der Waals surface area contributed by atoms with E-state index in [0.717, 1.165) is 47.5 Å². The van der Waals surface area contributed by atoms with E-state index in [1.807, 2.05) is 46.9 Å². The molecule has 1 fully saturated rings. The summed E-state index contributed by atoms with van der Waals surface area (Å²) in [5.41, 5.74) is 4.46. The van der Waals surface area contributed by atoms with Crippen molar-refractivity contribution in [1.82, 2.24) is 14.5 Å². The number of rotatable bonds is 7. The zero-order chi connectivity index (χ0) is 23.4. The highest BCUT2D eigenvalue weighted by molar-refractivity contribution is 5.98. The van der Waals surface area contributed by atoms with E-state index in [1.165, 1.54) is 13.2 Å². The average Bonchev–Trinajstić information content (AvgIpc) is 3.26. The number of nitrogens with zero attached hydrogens (tertiary/aromatic N) is 3. The maximum Gasteiger partial charge on any atom is 0.249 e. The van der Waals surface area contributed by atoms with E-state index >= 15 is 0 Å². The number of likely N-dealkylation sites (tertiary alicyclic amines) is 1. The molecule has 2 heterocycles. The van der Waals surface area contributed by atoms with Crippen molar-refractivity contribution in [3.63, 3.8) is 0 Å². The van der Waals surface area contributed by atoms with Crippen molar-refractivity contribution < 1.29 is 18.7 Å². The van der Waals surface area contributed by atoms with E-state index in [1.54, 1.807) is 25.6 Å². The van der Waals surface area contributed by atoms with Crippen molar-refractivity contribution in [2.75, 3.05) is 27.3 Å². The van der Waals surface area contributed by atoms with Crippen LogP contribution in [0.2, 0.25) is 0 Å². The molecule has 1 aromatic heterocycles. The van der Waals surface area contributed by atoms with E-state index in [-0.39, 0.29) is 17.5 Å². The first-order valence-electron chi connectivity index (χ1n) is 11.0. The molecule has 1 aliphatic rings. The van der Waals surface area contributed by atoms with Crippen LogP contribution in [0.15, 0.2) is 54.5 Å². The number of methoxy groups -OCH3 is 2. The van der Waals surface area contributed by atoms with Crippen molar-refractivity contribution in [1.29, 1.82) is 0 Å². The summed E-state index contributed by atoms with van der Waals surface area (Å²) in [4.78, 5) is 19.2. The Balaban J connectivity index is 1.48. The third kappa shape index (κ3) is 5.08. The number of carbonyl (C=O) groups is 1. The Bertz CT molecular complexity index is 1190. The first kappa shape index (κ1) is 22.6. The lowest BCUT2D eigenvalue weighted by molar-refractivity contribution is -0.128. The highest BCUT2D eigenvalue weighted by Gasteiger charge is 2.23. The summed E-state index contributed by atoms with van der Waals surface area (Å²) in [6.07, 6.45) is 7.93. The number of imidazole rings is 1. The molecule has 33 heavy (non-hydrogen) atoms. The number of carbonyl (C=O) groups excluding carboxylic acids is 1. The molecular formula is C26H28FN3O3. The molecule has 0 unspecified atom stereocenters. The van der Waals surface area contributed by atoms with Gasteiger partial charge in [0, 0.05) is 24.9 Å². The van der Waals surface area contributed by atoms with Gasteiger partial charge in [0.05, 0.1) is 31.9 Å². The van der Waals surface area contributed by atoms with Gasteiger partial charge in [-0.2, -0.15) is 0 Å². The van der Waals surface area contributed by atoms with Crippen molar-refractivity contribution in [2.24, 2.45) is 0 Å². The number of hydrogen-bond donors (Lipinski definition) is 0. The number of hydrogen-bond acceptors (Lipinski definition) is 4. The quantitative estimate of drug-likeness (QED) is 0.495. The van der Waals surface area contributed by atoms with Crippen molar-refractivity contribution in [2.45, 2.75) is 26.2 Å². The predicted octanol–water partition coefficient (Wildman–Crippen LogP) is 4.59. The number of ether oxygens (including phenoxy) is 2. The van der Waals surface area contributed by atoms with Crippen LogP contribution in [0.4, 0.5) is 4.39 Å². The summed E-state index contributed by atoms with van der Waals surface area (Å²) in [7, 11) is 3.09.